The first kappa shape index (κ1) is 15.2. The summed E-state index contributed by atoms with van der Waals surface area (Å²) < 4.78 is 6.77. The van der Waals surface area contributed by atoms with Gasteiger partial charge in [-0.1, -0.05) is 19.1 Å². The Labute approximate surface area is 131 Å². The van der Waals surface area contributed by atoms with E-state index in [-0.39, 0.29) is 30.6 Å². The van der Waals surface area contributed by atoms with E-state index in [1.807, 2.05) is 25.1 Å². The quantitative estimate of drug-likeness (QED) is 0.728. The van der Waals surface area contributed by atoms with Gasteiger partial charge in [-0.15, -0.1) is 0 Å². The molecule has 1 aromatic carbocycles. The second-order valence-corrected chi connectivity index (χ2v) is 5.55. The fraction of sp³-hybridized carbons (Fsp3) is 0.312. The van der Waals surface area contributed by atoms with Gasteiger partial charge in [0.15, 0.2) is 0 Å². The second kappa shape index (κ2) is 6.21. The molecule has 1 amide bonds. The highest BCUT2D eigenvalue weighted by Gasteiger charge is 2.14. The van der Waals surface area contributed by atoms with Crippen molar-refractivity contribution in [2.75, 3.05) is 13.2 Å². The molecule has 0 aliphatic heterocycles. The number of rotatable bonds is 5. The molecule has 3 rings (SSSR count). The summed E-state index contributed by atoms with van der Waals surface area (Å²) in [7, 11) is 0. The molecule has 7 heteroatoms. The van der Waals surface area contributed by atoms with Gasteiger partial charge in [-0.05, 0) is 18.1 Å². The van der Waals surface area contributed by atoms with Gasteiger partial charge in [-0.3, -0.25) is 14.2 Å². The third-order valence-corrected chi connectivity index (χ3v) is 3.62. The van der Waals surface area contributed by atoms with E-state index < -0.39 is 5.56 Å². The summed E-state index contributed by atoms with van der Waals surface area (Å²) in [6, 6.07) is 7.27. The van der Waals surface area contributed by atoms with Crippen LogP contribution in [0, 0.1) is 5.92 Å². The summed E-state index contributed by atoms with van der Waals surface area (Å²) in [6.45, 7) is 2.02. The zero-order valence-corrected chi connectivity index (χ0v) is 12.7. The highest BCUT2D eigenvalue weighted by Crippen LogP contribution is 2.23. The van der Waals surface area contributed by atoms with Crippen LogP contribution in [0.3, 0.4) is 0 Å². The van der Waals surface area contributed by atoms with E-state index in [2.05, 4.69) is 10.3 Å². The van der Waals surface area contributed by atoms with Crippen LogP contribution in [0.25, 0.3) is 22.1 Å². The van der Waals surface area contributed by atoms with Crippen LogP contribution in [-0.2, 0) is 11.3 Å². The summed E-state index contributed by atoms with van der Waals surface area (Å²) in [5, 5.41) is 12.4. The van der Waals surface area contributed by atoms with Crippen LogP contribution in [0.2, 0.25) is 0 Å². The van der Waals surface area contributed by atoms with Crippen LogP contribution in [0.15, 0.2) is 39.8 Å². The third-order valence-electron chi connectivity index (χ3n) is 3.62. The number of nitrogens with one attached hydrogen (secondary N) is 1. The molecule has 7 nitrogen and oxygen atoms in total. The Hall–Kier alpha value is -2.67. The lowest BCUT2D eigenvalue weighted by molar-refractivity contribution is -0.121. The minimum absolute atomic E-state index is 0.00721. The molecule has 2 heterocycles. The van der Waals surface area contributed by atoms with E-state index in [1.165, 1.54) is 10.9 Å². The fourth-order valence-electron chi connectivity index (χ4n) is 2.29. The zero-order chi connectivity index (χ0) is 16.4. The number of carbonyl (C=O) groups excluding carboxylic acids is 1. The van der Waals surface area contributed by atoms with Crippen molar-refractivity contribution in [1.82, 2.24) is 14.9 Å². The maximum atomic E-state index is 12.4. The number of fused-ring (bicyclic) bond motifs is 3. The van der Waals surface area contributed by atoms with Gasteiger partial charge in [-0.2, -0.15) is 0 Å². The van der Waals surface area contributed by atoms with Gasteiger partial charge in [0.05, 0.1) is 6.33 Å². The molecule has 0 fully saturated rings. The molecule has 3 aromatic rings. The normalized spacial score (nSPS) is 12.6. The van der Waals surface area contributed by atoms with Crippen molar-refractivity contribution in [3.63, 3.8) is 0 Å². The smallest absolute Gasteiger partial charge is 0.297 e. The average Bonchev–Trinajstić information content (AvgIpc) is 2.94. The molecule has 0 aliphatic rings. The van der Waals surface area contributed by atoms with Gasteiger partial charge in [-0.25, -0.2) is 4.98 Å². The SMILES string of the molecule is CC(CO)CNC(=O)Cn1cnc2c(oc3ccccc32)c1=O. The van der Waals surface area contributed by atoms with Crippen molar-refractivity contribution in [3.8, 4) is 0 Å². The number of para-hydroxylation sites is 1. The van der Waals surface area contributed by atoms with Gasteiger partial charge in [0.2, 0.25) is 11.5 Å². The molecular weight excluding hydrogens is 298 g/mol. The largest absolute Gasteiger partial charge is 0.448 e. The zero-order valence-electron chi connectivity index (χ0n) is 12.7. The summed E-state index contributed by atoms with van der Waals surface area (Å²) in [5.41, 5.74) is 0.837. The first-order valence-corrected chi connectivity index (χ1v) is 7.34. The predicted octanol–water partition coefficient (Wildman–Crippen LogP) is 0.887. The molecule has 0 aliphatic carbocycles. The van der Waals surface area contributed by atoms with Crippen LogP contribution < -0.4 is 10.9 Å². The highest BCUT2D eigenvalue weighted by atomic mass is 16.3. The minimum Gasteiger partial charge on any atom is -0.448 e. The molecule has 120 valence electrons. The van der Waals surface area contributed by atoms with Gasteiger partial charge >= 0.3 is 0 Å². The Morgan fingerprint density at radius 2 is 2.22 bits per heavy atom. The van der Waals surface area contributed by atoms with Crippen molar-refractivity contribution in [2.24, 2.45) is 5.92 Å². The Morgan fingerprint density at radius 3 is 3.00 bits per heavy atom. The molecule has 1 unspecified atom stereocenters. The van der Waals surface area contributed by atoms with Gasteiger partial charge in [0.1, 0.15) is 17.6 Å². The molecule has 23 heavy (non-hydrogen) atoms. The van der Waals surface area contributed by atoms with Gasteiger partial charge < -0.3 is 14.8 Å². The monoisotopic (exact) mass is 315 g/mol. The number of hydrogen-bond acceptors (Lipinski definition) is 5. The van der Waals surface area contributed by atoms with E-state index in [0.717, 1.165) is 5.39 Å². The van der Waals surface area contributed by atoms with E-state index in [1.54, 1.807) is 6.07 Å². The number of nitrogens with zero attached hydrogens (tertiary/aromatic N) is 2. The van der Waals surface area contributed by atoms with E-state index in [4.69, 9.17) is 9.52 Å². The summed E-state index contributed by atoms with van der Waals surface area (Å²) >= 11 is 0. The van der Waals surface area contributed by atoms with Gasteiger partial charge in [0.25, 0.3) is 5.56 Å². The number of aromatic nitrogens is 2. The van der Waals surface area contributed by atoms with Crippen molar-refractivity contribution in [1.29, 1.82) is 0 Å². The lowest BCUT2D eigenvalue weighted by Crippen LogP contribution is -2.35. The number of furan rings is 1. The minimum atomic E-state index is -0.392. The molecular formula is C16H17N3O4. The van der Waals surface area contributed by atoms with Crippen molar-refractivity contribution >= 4 is 28.0 Å². The Morgan fingerprint density at radius 1 is 1.43 bits per heavy atom. The topological polar surface area (TPSA) is 97.4 Å². The summed E-state index contributed by atoms with van der Waals surface area (Å²) in [5.74, 6) is -0.351. The van der Waals surface area contributed by atoms with E-state index >= 15 is 0 Å². The van der Waals surface area contributed by atoms with Crippen molar-refractivity contribution < 1.29 is 14.3 Å². The number of aliphatic hydroxyl groups excluding tert-OH is 1. The number of aliphatic hydroxyl groups is 1. The lowest BCUT2D eigenvalue weighted by Gasteiger charge is -2.10. The van der Waals surface area contributed by atoms with Crippen LogP contribution in [0.4, 0.5) is 0 Å². The third kappa shape index (κ3) is 2.95. The van der Waals surface area contributed by atoms with Crippen LogP contribution in [0.5, 0.6) is 0 Å². The predicted molar refractivity (Wildman–Crippen MR) is 85.0 cm³/mol. The average molecular weight is 315 g/mol. The molecule has 0 bridgehead atoms. The first-order chi connectivity index (χ1) is 11.1. The van der Waals surface area contributed by atoms with Crippen LogP contribution in [-0.4, -0.2) is 33.7 Å². The first-order valence-electron chi connectivity index (χ1n) is 7.34. The molecule has 0 saturated carbocycles. The molecule has 2 N–H and O–H groups in total. The van der Waals surface area contributed by atoms with Crippen molar-refractivity contribution in [3.05, 3.63) is 40.9 Å². The number of benzene rings is 1. The molecule has 2 aromatic heterocycles. The van der Waals surface area contributed by atoms with Crippen LogP contribution in [0.1, 0.15) is 6.92 Å². The molecule has 0 saturated heterocycles. The Kier molecular flexibility index (Phi) is 4.12. The number of carbonyl (C=O) groups is 1. The van der Waals surface area contributed by atoms with Crippen LogP contribution >= 0.6 is 0 Å². The maximum Gasteiger partial charge on any atom is 0.297 e. The maximum absolute atomic E-state index is 12.4. The van der Waals surface area contributed by atoms with E-state index in [9.17, 15) is 9.59 Å². The van der Waals surface area contributed by atoms with Crippen molar-refractivity contribution in [2.45, 2.75) is 13.5 Å². The summed E-state index contributed by atoms with van der Waals surface area (Å²) in [4.78, 5) is 28.6. The number of hydrogen-bond donors (Lipinski definition) is 2. The standard InChI is InChI=1S/C16H17N3O4/c1-10(8-20)6-17-13(21)7-19-9-18-14-11-4-2-3-5-12(11)23-15(14)16(19)22/h2-5,9-10,20H,6-8H2,1H3,(H,17,21). The fourth-order valence-corrected chi connectivity index (χ4v) is 2.29. The molecule has 0 radical (unpaired) electrons. The summed E-state index contributed by atoms with van der Waals surface area (Å²) in [6.07, 6.45) is 1.35. The van der Waals surface area contributed by atoms with E-state index in [0.29, 0.717) is 17.6 Å². The number of amides is 1. The Balaban J connectivity index is 1.88. The second-order valence-electron chi connectivity index (χ2n) is 5.55. The molecule has 1 atom stereocenters. The highest BCUT2D eigenvalue weighted by molar-refractivity contribution is 6.01. The Bertz CT molecular complexity index is 912. The molecule has 0 spiro atoms. The lowest BCUT2D eigenvalue weighted by atomic mass is 10.2. The van der Waals surface area contributed by atoms with Gasteiger partial charge in [0, 0.05) is 18.5 Å².